The third kappa shape index (κ3) is 5.17. The minimum Gasteiger partial charge on any atom is -0.395 e. The normalized spacial score (nSPS) is 19.9. The maximum Gasteiger partial charge on any atom is 0.279 e. The lowest BCUT2D eigenvalue weighted by Gasteiger charge is -2.21. The van der Waals surface area contributed by atoms with E-state index in [0.29, 0.717) is 32.8 Å². The number of aliphatic hydroxyl groups is 1. The van der Waals surface area contributed by atoms with E-state index in [4.69, 9.17) is 9.84 Å². The van der Waals surface area contributed by atoms with Crippen molar-refractivity contribution < 1.29 is 18.3 Å². The summed E-state index contributed by atoms with van der Waals surface area (Å²) in [6, 6.07) is 0. The number of ether oxygens (including phenoxy) is 1. The number of rotatable bonds is 7. The summed E-state index contributed by atoms with van der Waals surface area (Å²) < 4.78 is 32.7. The molecule has 0 aromatic carbocycles. The van der Waals surface area contributed by atoms with Gasteiger partial charge in [0.15, 0.2) is 0 Å². The molecule has 1 fully saturated rings. The van der Waals surface area contributed by atoms with Gasteiger partial charge in [0, 0.05) is 39.8 Å². The van der Waals surface area contributed by atoms with E-state index in [1.165, 1.54) is 11.4 Å². The van der Waals surface area contributed by atoms with Crippen molar-refractivity contribution in [2.75, 3.05) is 59.6 Å². The van der Waals surface area contributed by atoms with Gasteiger partial charge in [0.1, 0.15) is 0 Å². The van der Waals surface area contributed by atoms with Crippen LogP contribution in [0.4, 0.5) is 0 Å². The van der Waals surface area contributed by atoms with Crippen molar-refractivity contribution in [3.05, 3.63) is 0 Å². The fourth-order valence-corrected chi connectivity index (χ4v) is 3.13. The van der Waals surface area contributed by atoms with Crippen LogP contribution in [0.15, 0.2) is 0 Å². The Morgan fingerprint density at radius 1 is 1.28 bits per heavy atom. The molecule has 2 N–H and O–H groups in total. The summed E-state index contributed by atoms with van der Waals surface area (Å²) >= 11 is 0. The Bertz CT molecular complexity index is 323. The smallest absolute Gasteiger partial charge is 0.279 e. The fraction of sp³-hybridized carbons (Fsp3) is 1.00. The number of nitrogens with one attached hydrogen (secondary N) is 1. The molecule has 0 saturated carbocycles. The molecule has 1 aliphatic rings. The molecule has 0 atom stereocenters. The summed E-state index contributed by atoms with van der Waals surface area (Å²) in [4.78, 5) is 2.07. The Morgan fingerprint density at radius 2 is 2.06 bits per heavy atom. The van der Waals surface area contributed by atoms with Gasteiger partial charge in [-0.3, -0.25) is 4.90 Å². The number of aliphatic hydroxyl groups excluding tert-OH is 1. The lowest BCUT2D eigenvalue weighted by molar-refractivity contribution is 0.201. The van der Waals surface area contributed by atoms with Crippen LogP contribution in [0.1, 0.15) is 6.42 Å². The Balaban J connectivity index is 2.45. The highest BCUT2D eigenvalue weighted by atomic mass is 32.2. The highest BCUT2D eigenvalue weighted by molar-refractivity contribution is 7.87. The number of hydrogen-bond acceptors (Lipinski definition) is 5. The third-order valence-electron chi connectivity index (χ3n) is 2.89. The van der Waals surface area contributed by atoms with Gasteiger partial charge in [-0.05, 0) is 13.0 Å². The van der Waals surface area contributed by atoms with Gasteiger partial charge in [0.2, 0.25) is 0 Å². The molecule has 108 valence electrons. The molecule has 0 radical (unpaired) electrons. The second kappa shape index (κ2) is 8.03. The summed E-state index contributed by atoms with van der Waals surface area (Å²) in [6.07, 6.45) is 0.783. The molecule has 0 aromatic heterocycles. The molecular formula is C10H23N3O4S. The molecule has 1 aliphatic heterocycles. The third-order valence-corrected chi connectivity index (χ3v) is 4.51. The van der Waals surface area contributed by atoms with Gasteiger partial charge in [0.05, 0.1) is 13.2 Å². The average molecular weight is 281 g/mol. The highest BCUT2D eigenvalue weighted by Crippen LogP contribution is 2.06. The first-order valence-corrected chi connectivity index (χ1v) is 7.61. The Kier molecular flexibility index (Phi) is 7.05. The molecule has 1 heterocycles. The van der Waals surface area contributed by atoms with Crippen molar-refractivity contribution in [2.45, 2.75) is 6.42 Å². The van der Waals surface area contributed by atoms with Gasteiger partial charge in [-0.15, -0.1) is 0 Å². The SMILES string of the molecule is COCCNS(=O)(=O)N1CCCN(CCO)CC1. The first-order valence-electron chi connectivity index (χ1n) is 6.17. The number of hydrogen-bond donors (Lipinski definition) is 2. The van der Waals surface area contributed by atoms with Crippen LogP contribution in [-0.2, 0) is 14.9 Å². The zero-order chi connectivity index (χ0) is 13.4. The van der Waals surface area contributed by atoms with Gasteiger partial charge in [-0.1, -0.05) is 0 Å². The molecular weight excluding hydrogens is 258 g/mol. The van der Waals surface area contributed by atoms with Crippen molar-refractivity contribution in [1.82, 2.24) is 13.9 Å². The van der Waals surface area contributed by atoms with E-state index in [-0.39, 0.29) is 13.2 Å². The van der Waals surface area contributed by atoms with E-state index in [1.807, 2.05) is 0 Å². The first-order chi connectivity index (χ1) is 8.60. The zero-order valence-electron chi connectivity index (χ0n) is 10.8. The lowest BCUT2D eigenvalue weighted by Crippen LogP contribution is -2.43. The quantitative estimate of drug-likeness (QED) is 0.553. The van der Waals surface area contributed by atoms with Crippen LogP contribution >= 0.6 is 0 Å². The molecule has 7 nitrogen and oxygen atoms in total. The molecule has 0 bridgehead atoms. The van der Waals surface area contributed by atoms with E-state index >= 15 is 0 Å². The second-order valence-electron chi connectivity index (χ2n) is 4.21. The van der Waals surface area contributed by atoms with Gasteiger partial charge in [0.25, 0.3) is 10.2 Å². The molecule has 0 aliphatic carbocycles. The summed E-state index contributed by atoms with van der Waals surface area (Å²) in [5.41, 5.74) is 0. The van der Waals surface area contributed by atoms with Crippen LogP contribution in [0.3, 0.4) is 0 Å². The molecule has 0 aromatic rings. The van der Waals surface area contributed by atoms with Crippen LogP contribution in [0.5, 0.6) is 0 Å². The van der Waals surface area contributed by atoms with Crippen LogP contribution in [-0.4, -0.2) is 82.3 Å². The van der Waals surface area contributed by atoms with Crippen LogP contribution in [0.25, 0.3) is 0 Å². The van der Waals surface area contributed by atoms with Gasteiger partial charge >= 0.3 is 0 Å². The van der Waals surface area contributed by atoms with Gasteiger partial charge < -0.3 is 9.84 Å². The first kappa shape index (κ1) is 15.8. The number of β-amino-alcohol motifs (C(OH)–C–C–N with tert-alkyl or cyclic N) is 1. The Morgan fingerprint density at radius 3 is 2.72 bits per heavy atom. The lowest BCUT2D eigenvalue weighted by atomic mass is 10.4. The average Bonchev–Trinajstić information content (AvgIpc) is 2.56. The minimum atomic E-state index is -3.40. The van der Waals surface area contributed by atoms with E-state index in [9.17, 15) is 8.42 Å². The topological polar surface area (TPSA) is 82.1 Å². The zero-order valence-corrected chi connectivity index (χ0v) is 11.7. The maximum atomic E-state index is 12.0. The number of methoxy groups -OCH3 is 1. The molecule has 0 amide bonds. The van der Waals surface area contributed by atoms with Crippen molar-refractivity contribution in [3.8, 4) is 0 Å². The Labute approximate surface area is 109 Å². The van der Waals surface area contributed by atoms with E-state index < -0.39 is 10.2 Å². The van der Waals surface area contributed by atoms with Crippen molar-refractivity contribution >= 4 is 10.2 Å². The largest absolute Gasteiger partial charge is 0.395 e. The molecule has 0 unspecified atom stereocenters. The van der Waals surface area contributed by atoms with Crippen molar-refractivity contribution in [2.24, 2.45) is 0 Å². The van der Waals surface area contributed by atoms with Gasteiger partial charge in [-0.25, -0.2) is 0 Å². The van der Waals surface area contributed by atoms with Gasteiger partial charge in [-0.2, -0.15) is 17.4 Å². The molecule has 1 rings (SSSR count). The van der Waals surface area contributed by atoms with Crippen molar-refractivity contribution in [3.63, 3.8) is 0 Å². The van der Waals surface area contributed by atoms with Crippen LogP contribution < -0.4 is 4.72 Å². The maximum absolute atomic E-state index is 12.0. The predicted octanol–water partition coefficient (Wildman–Crippen LogP) is -1.53. The van der Waals surface area contributed by atoms with E-state index in [2.05, 4.69) is 9.62 Å². The summed E-state index contributed by atoms with van der Waals surface area (Å²) in [7, 11) is -1.87. The van der Waals surface area contributed by atoms with Crippen LogP contribution in [0, 0.1) is 0 Å². The fourth-order valence-electron chi connectivity index (χ4n) is 1.92. The Hall–Kier alpha value is -0.250. The van der Waals surface area contributed by atoms with Crippen LogP contribution in [0.2, 0.25) is 0 Å². The summed E-state index contributed by atoms with van der Waals surface area (Å²) in [6.45, 7) is 3.83. The minimum absolute atomic E-state index is 0.110. The second-order valence-corrected chi connectivity index (χ2v) is 5.97. The van der Waals surface area contributed by atoms with E-state index in [0.717, 1.165) is 13.0 Å². The van der Waals surface area contributed by atoms with E-state index in [1.54, 1.807) is 0 Å². The standard InChI is InChI=1S/C10H23N3O4S/c1-17-10-3-11-18(15,16)13-5-2-4-12(6-7-13)8-9-14/h11,14H,2-10H2,1H3. The summed E-state index contributed by atoms with van der Waals surface area (Å²) in [5, 5.41) is 8.88. The predicted molar refractivity (Wildman–Crippen MR) is 68.5 cm³/mol. The number of nitrogens with zero attached hydrogens (tertiary/aromatic N) is 2. The monoisotopic (exact) mass is 281 g/mol. The molecule has 1 saturated heterocycles. The highest BCUT2D eigenvalue weighted by Gasteiger charge is 2.24. The molecule has 0 spiro atoms. The van der Waals surface area contributed by atoms with Crippen molar-refractivity contribution in [1.29, 1.82) is 0 Å². The summed E-state index contributed by atoms with van der Waals surface area (Å²) in [5.74, 6) is 0. The molecule has 18 heavy (non-hydrogen) atoms. The molecule has 8 heteroatoms.